The molecule has 1 aliphatic rings. The van der Waals surface area contributed by atoms with E-state index < -0.39 is 17.6 Å². The van der Waals surface area contributed by atoms with Crippen LogP contribution in [-0.4, -0.2) is 75.6 Å². The zero-order chi connectivity index (χ0) is 27.7. The van der Waals surface area contributed by atoms with Gasteiger partial charge < -0.3 is 24.4 Å². The van der Waals surface area contributed by atoms with Crippen molar-refractivity contribution < 1.29 is 23.1 Å². The minimum absolute atomic E-state index is 0.0431. The van der Waals surface area contributed by atoms with E-state index in [1.54, 1.807) is 18.7 Å². The van der Waals surface area contributed by atoms with Crippen molar-refractivity contribution in [2.45, 2.75) is 18.9 Å². The molecular formula is C26H26F2N8O3. The first-order valence-electron chi connectivity index (χ1n) is 12.2. The van der Waals surface area contributed by atoms with Gasteiger partial charge in [0.05, 0.1) is 23.7 Å². The van der Waals surface area contributed by atoms with Crippen molar-refractivity contribution in [2.75, 3.05) is 44.5 Å². The largest absolute Gasteiger partial charge is 0.465 e. The number of nitrogens with one attached hydrogen (secondary N) is 1. The average Bonchev–Trinajstić information content (AvgIpc) is 3.30. The van der Waals surface area contributed by atoms with Gasteiger partial charge in [-0.15, -0.1) is 0 Å². The molecule has 5 rings (SSSR count). The van der Waals surface area contributed by atoms with Crippen LogP contribution in [0.1, 0.15) is 39.6 Å². The molecule has 4 aromatic rings. The predicted octanol–water partition coefficient (Wildman–Crippen LogP) is 3.57. The molecule has 39 heavy (non-hydrogen) atoms. The monoisotopic (exact) mass is 536 g/mol. The predicted molar refractivity (Wildman–Crippen MR) is 139 cm³/mol. The molecule has 1 aromatic carbocycles. The summed E-state index contributed by atoms with van der Waals surface area (Å²) < 4.78 is 36.5. The highest BCUT2D eigenvalue weighted by Crippen LogP contribution is 2.33. The van der Waals surface area contributed by atoms with Gasteiger partial charge in [0.2, 0.25) is 5.95 Å². The fourth-order valence-corrected chi connectivity index (χ4v) is 4.60. The SMILES string of the molecule is COC(=O)c1cnc(N2CCC(n3cc(F)c4c(Nc5ccc(C(=O)N(C)C)cc5F)ncnc43)CC2)nc1. The Morgan fingerprint density at radius 1 is 1.03 bits per heavy atom. The van der Waals surface area contributed by atoms with E-state index in [0.29, 0.717) is 37.5 Å². The van der Waals surface area contributed by atoms with Gasteiger partial charge in [-0.3, -0.25) is 4.79 Å². The maximum atomic E-state index is 15.2. The van der Waals surface area contributed by atoms with Crippen LogP contribution in [0.5, 0.6) is 0 Å². The summed E-state index contributed by atoms with van der Waals surface area (Å²) in [5.74, 6) is -1.40. The van der Waals surface area contributed by atoms with E-state index in [-0.39, 0.29) is 40.0 Å². The molecule has 0 unspecified atom stereocenters. The first kappa shape index (κ1) is 25.9. The van der Waals surface area contributed by atoms with Crippen molar-refractivity contribution in [3.8, 4) is 0 Å². The fraction of sp³-hybridized carbons (Fsp3) is 0.308. The Bertz CT molecular complexity index is 1530. The van der Waals surface area contributed by atoms with Crippen molar-refractivity contribution in [3.63, 3.8) is 0 Å². The molecule has 3 aromatic heterocycles. The van der Waals surface area contributed by atoms with E-state index >= 15 is 4.39 Å². The number of ether oxygens (including phenoxy) is 1. The van der Waals surface area contributed by atoms with Gasteiger partial charge in [-0.2, -0.15) is 0 Å². The molecular weight excluding hydrogens is 510 g/mol. The minimum atomic E-state index is -0.663. The highest BCUT2D eigenvalue weighted by atomic mass is 19.1. The minimum Gasteiger partial charge on any atom is -0.465 e. The van der Waals surface area contributed by atoms with E-state index in [1.165, 1.54) is 49.1 Å². The number of fused-ring (bicyclic) bond motifs is 1. The number of aromatic nitrogens is 5. The van der Waals surface area contributed by atoms with Crippen LogP contribution >= 0.6 is 0 Å². The summed E-state index contributed by atoms with van der Waals surface area (Å²) in [5, 5.41) is 3.00. The number of piperidine rings is 1. The average molecular weight is 537 g/mol. The van der Waals surface area contributed by atoms with Crippen LogP contribution < -0.4 is 10.2 Å². The molecule has 0 saturated carbocycles. The molecule has 0 aliphatic carbocycles. The number of methoxy groups -OCH3 is 1. The van der Waals surface area contributed by atoms with Gasteiger partial charge in [0, 0.05) is 57.4 Å². The Morgan fingerprint density at radius 2 is 1.74 bits per heavy atom. The highest BCUT2D eigenvalue weighted by molar-refractivity contribution is 5.95. The Labute approximate surface area is 222 Å². The molecule has 11 nitrogen and oxygen atoms in total. The molecule has 1 saturated heterocycles. The summed E-state index contributed by atoms with van der Waals surface area (Å²) in [6.07, 6.45) is 6.90. The van der Waals surface area contributed by atoms with Crippen LogP contribution in [0.2, 0.25) is 0 Å². The van der Waals surface area contributed by atoms with Crippen molar-refractivity contribution >= 4 is 40.4 Å². The molecule has 0 atom stereocenters. The number of benzene rings is 1. The fourth-order valence-electron chi connectivity index (χ4n) is 4.60. The van der Waals surface area contributed by atoms with Gasteiger partial charge >= 0.3 is 5.97 Å². The molecule has 0 radical (unpaired) electrons. The molecule has 13 heteroatoms. The van der Waals surface area contributed by atoms with E-state index in [4.69, 9.17) is 0 Å². The number of carbonyl (C=O) groups is 2. The van der Waals surface area contributed by atoms with E-state index in [1.807, 2.05) is 4.90 Å². The number of amides is 1. The number of hydrogen-bond donors (Lipinski definition) is 1. The molecule has 1 amide bonds. The Hall–Kier alpha value is -4.68. The van der Waals surface area contributed by atoms with Gasteiger partial charge in [0.1, 0.15) is 23.6 Å². The normalized spacial score (nSPS) is 13.9. The zero-order valence-electron chi connectivity index (χ0n) is 21.6. The molecule has 202 valence electrons. The number of carbonyl (C=O) groups excluding carboxylic acids is 2. The van der Waals surface area contributed by atoms with Crippen LogP contribution in [-0.2, 0) is 4.74 Å². The third-order valence-electron chi connectivity index (χ3n) is 6.64. The second-order valence-electron chi connectivity index (χ2n) is 9.31. The topological polar surface area (TPSA) is 118 Å². The quantitative estimate of drug-likeness (QED) is 0.369. The lowest BCUT2D eigenvalue weighted by Crippen LogP contribution is -2.35. The van der Waals surface area contributed by atoms with Crippen LogP contribution in [0.25, 0.3) is 11.0 Å². The maximum Gasteiger partial charge on any atom is 0.341 e. The smallest absolute Gasteiger partial charge is 0.341 e. The number of esters is 1. The molecule has 1 N–H and O–H groups in total. The summed E-state index contributed by atoms with van der Waals surface area (Å²) in [6, 6.07) is 4.00. The van der Waals surface area contributed by atoms with Crippen molar-refractivity contribution in [1.29, 1.82) is 0 Å². The van der Waals surface area contributed by atoms with Crippen molar-refractivity contribution in [1.82, 2.24) is 29.4 Å². The van der Waals surface area contributed by atoms with Gasteiger partial charge in [0.15, 0.2) is 5.82 Å². The second kappa shape index (κ2) is 10.6. The number of halogens is 2. The second-order valence-corrected chi connectivity index (χ2v) is 9.31. The third-order valence-corrected chi connectivity index (χ3v) is 6.64. The number of rotatable bonds is 6. The number of anilines is 3. The van der Waals surface area contributed by atoms with E-state index in [2.05, 4.69) is 30.0 Å². The molecule has 0 spiro atoms. The van der Waals surface area contributed by atoms with Crippen molar-refractivity contribution in [3.05, 3.63) is 65.9 Å². The maximum absolute atomic E-state index is 15.2. The zero-order valence-corrected chi connectivity index (χ0v) is 21.6. The first-order chi connectivity index (χ1) is 18.8. The summed E-state index contributed by atoms with van der Waals surface area (Å²) in [4.78, 5) is 44.1. The van der Waals surface area contributed by atoms with Crippen LogP contribution in [0, 0.1) is 11.6 Å². The van der Waals surface area contributed by atoms with Gasteiger partial charge in [-0.25, -0.2) is 33.5 Å². The summed E-state index contributed by atoms with van der Waals surface area (Å²) in [6.45, 7) is 1.23. The lowest BCUT2D eigenvalue weighted by Gasteiger charge is -2.32. The van der Waals surface area contributed by atoms with Crippen molar-refractivity contribution in [2.24, 2.45) is 0 Å². The lowest BCUT2D eigenvalue weighted by molar-refractivity contribution is 0.0599. The Kier molecular flexibility index (Phi) is 7.05. The first-order valence-corrected chi connectivity index (χ1v) is 12.2. The summed E-state index contributed by atoms with van der Waals surface area (Å²) in [5.41, 5.74) is 0.919. The molecule has 1 aliphatic heterocycles. The standard InChI is InChI=1S/C26H26F2N8O3/c1-34(2)24(37)15-4-5-20(18(27)10-15)33-22-21-19(28)13-36(23(21)32-14-31-22)17-6-8-35(9-7-17)26-29-11-16(12-30-26)25(38)39-3/h4-5,10-14,17H,6-9H2,1-3H3,(H,31,32,33). The van der Waals surface area contributed by atoms with Gasteiger partial charge in [-0.1, -0.05) is 0 Å². The van der Waals surface area contributed by atoms with Crippen LogP contribution in [0.15, 0.2) is 43.1 Å². The van der Waals surface area contributed by atoms with E-state index in [0.717, 1.165) is 6.07 Å². The Balaban J connectivity index is 1.34. The Morgan fingerprint density at radius 3 is 2.38 bits per heavy atom. The van der Waals surface area contributed by atoms with Gasteiger partial charge in [-0.05, 0) is 31.0 Å². The highest BCUT2D eigenvalue weighted by Gasteiger charge is 2.26. The molecule has 4 heterocycles. The lowest BCUT2D eigenvalue weighted by atomic mass is 10.1. The van der Waals surface area contributed by atoms with E-state index in [9.17, 15) is 14.0 Å². The van der Waals surface area contributed by atoms with Crippen LogP contribution in [0.3, 0.4) is 0 Å². The number of hydrogen-bond acceptors (Lipinski definition) is 9. The molecule has 1 fully saturated rings. The number of nitrogens with zero attached hydrogens (tertiary/aromatic N) is 7. The molecule has 0 bridgehead atoms. The summed E-state index contributed by atoms with van der Waals surface area (Å²) >= 11 is 0. The summed E-state index contributed by atoms with van der Waals surface area (Å²) in [7, 11) is 4.46. The van der Waals surface area contributed by atoms with Gasteiger partial charge in [0.25, 0.3) is 5.91 Å². The third kappa shape index (κ3) is 5.07. The van der Waals surface area contributed by atoms with Crippen LogP contribution in [0.4, 0.5) is 26.2 Å².